The fourth-order valence-electron chi connectivity index (χ4n) is 3.05. The third-order valence-corrected chi connectivity index (χ3v) is 4.55. The number of benzene rings is 2. The minimum Gasteiger partial charge on any atom is -0.478 e. The summed E-state index contributed by atoms with van der Waals surface area (Å²) in [5, 5.41) is 10.4. The fraction of sp³-hybridized carbons (Fsp3) is 0.261. The van der Waals surface area contributed by atoms with Crippen LogP contribution in [0.4, 0.5) is 0 Å². The molecule has 0 radical (unpaired) electrons. The van der Waals surface area contributed by atoms with Gasteiger partial charge in [-0.1, -0.05) is 18.2 Å². The van der Waals surface area contributed by atoms with E-state index in [-0.39, 0.29) is 12.2 Å². The molecule has 0 fully saturated rings. The van der Waals surface area contributed by atoms with Crippen LogP contribution in [0.1, 0.15) is 36.7 Å². The van der Waals surface area contributed by atoms with Crippen molar-refractivity contribution in [1.29, 1.82) is 0 Å². The summed E-state index contributed by atoms with van der Waals surface area (Å²) in [5.41, 5.74) is 1.75. The number of aryl methyl sites for hydroxylation is 1. The Hall–Kier alpha value is -3.41. The largest absolute Gasteiger partial charge is 0.478 e. The Kier molecular flexibility index (Phi) is 5.55. The van der Waals surface area contributed by atoms with Gasteiger partial charge >= 0.3 is 11.9 Å². The average molecular weight is 393 g/mol. The van der Waals surface area contributed by atoms with E-state index in [0.717, 1.165) is 16.5 Å². The number of nitrogens with zero attached hydrogens (tertiary/aromatic N) is 1. The van der Waals surface area contributed by atoms with Gasteiger partial charge in [-0.25, -0.2) is 14.6 Å². The van der Waals surface area contributed by atoms with Crippen LogP contribution >= 0.6 is 0 Å². The Morgan fingerprint density at radius 1 is 1.10 bits per heavy atom. The molecule has 29 heavy (non-hydrogen) atoms. The zero-order chi connectivity index (χ0) is 21.2. The van der Waals surface area contributed by atoms with Gasteiger partial charge in [0, 0.05) is 10.9 Å². The number of aromatic carboxylic acids is 1. The molecule has 0 atom stereocenters. The smallest absolute Gasteiger partial charge is 0.349 e. The first-order chi connectivity index (χ1) is 13.7. The maximum Gasteiger partial charge on any atom is 0.349 e. The molecule has 150 valence electrons. The van der Waals surface area contributed by atoms with E-state index in [0.29, 0.717) is 17.0 Å². The molecule has 0 aliphatic rings. The summed E-state index contributed by atoms with van der Waals surface area (Å²) < 4.78 is 10.8. The molecule has 0 spiro atoms. The van der Waals surface area contributed by atoms with Gasteiger partial charge in [-0.3, -0.25) is 0 Å². The van der Waals surface area contributed by atoms with E-state index in [2.05, 4.69) is 4.98 Å². The molecule has 3 aromatic rings. The van der Waals surface area contributed by atoms with Gasteiger partial charge in [-0.2, -0.15) is 0 Å². The minimum atomic E-state index is -1.14. The fourth-order valence-corrected chi connectivity index (χ4v) is 3.05. The molecule has 1 heterocycles. The predicted octanol–water partition coefficient (Wildman–Crippen LogP) is 4.63. The van der Waals surface area contributed by atoms with Crippen LogP contribution in [-0.2, 0) is 9.53 Å². The van der Waals surface area contributed by atoms with Gasteiger partial charge in [0.25, 0.3) is 0 Å². The molecular formula is C23H23NO5. The Bertz CT molecular complexity index is 1070. The van der Waals surface area contributed by atoms with E-state index in [1.54, 1.807) is 51.1 Å². The maximum atomic E-state index is 12.0. The average Bonchev–Trinajstić information content (AvgIpc) is 2.68. The third-order valence-electron chi connectivity index (χ3n) is 4.55. The van der Waals surface area contributed by atoms with Gasteiger partial charge in [0.15, 0.2) is 5.60 Å². The van der Waals surface area contributed by atoms with E-state index < -0.39 is 17.5 Å². The number of aromatic nitrogens is 1. The Morgan fingerprint density at radius 2 is 1.79 bits per heavy atom. The number of carbonyl (C=O) groups is 2. The molecule has 2 aromatic carbocycles. The molecule has 3 rings (SSSR count). The molecule has 0 unspecified atom stereocenters. The molecule has 6 nitrogen and oxygen atoms in total. The van der Waals surface area contributed by atoms with Crippen LogP contribution in [0, 0.1) is 6.92 Å². The number of carboxylic acids is 1. The van der Waals surface area contributed by atoms with Crippen LogP contribution in [0.25, 0.3) is 22.2 Å². The van der Waals surface area contributed by atoms with Gasteiger partial charge < -0.3 is 14.6 Å². The van der Waals surface area contributed by atoms with Crippen LogP contribution in [0.2, 0.25) is 0 Å². The normalized spacial score (nSPS) is 11.3. The number of carboxylic acid groups (broad SMARTS) is 1. The van der Waals surface area contributed by atoms with Gasteiger partial charge in [0.05, 0.1) is 23.4 Å². The number of fused-ring (bicyclic) bond motifs is 1. The van der Waals surface area contributed by atoms with Gasteiger partial charge in [0.1, 0.15) is 5.75 Å². The first kappa shape index (κ1) is 20.3. The Balaban J connectivity index is 1.98. The minimum absolute atomic E-state index is 0.128. The predicted molar refractivity (Wildman–Crippen MR) is 110 cm³/mol. The van der Waals surface area contributed by atoms with E-state index in [9.17, 15) is 14.7 Å². The number of pyridine rings is 1. The highest BCUT2D eigenvalue weighted by Crippen LogP contribution is 2.29. The summed E-state index contributed by atoms with van der Waals surface area (Å²) in [6, 6.07) is 14.1. The molecule has 6 heteroatoms. The number of rotatable bonds is 6. The highest BCUT2D eigenvalue weighted by Gasteiger charge is 2.31. The molecule has 0 amide bonds. The SMILES string of the molecule is CCOC(=O)C(C)(C)Oc1ccc(-c2nc3c(C)cccc3cc2C(=O)O)cc1. The lowest BCUT2D eigenvalue weighted by Gasteiger charge is -2.24. The van der Waals surface area contributed by atoms with Gasteiger partial charge in [-0.15, -0.1) is 0 Å². The van der Waals surface area contributed by atoms with Crippen molar-refractivity contribution in [3.8, 4) is 17.0 Å². The van der Waals surface area contributed by atoms with E-state index in [1.165, 1.54) is 0 Å². The molecule has 1 aromatic heterocycles. The number of ether oxygens (including phenoxy) is 2. The van der Waals surface area contributed by atoms with Crippen LogP contribution in [0.5, 0.6) is 5.75 Å². The molecule has 0 bridgehead atoms. The lowest BCUT2D eigenvalue weighted by molar-refractivity contribution is -0.158. The molecule has 0 aliphatic carbocycles. The van der Waals surface area contributed by atoms with Crippen molar-refractivity contribution in [3.63, 3.8) is 0 Å². The first-order valence-electron chi connectivity index (χ1n) is 9.33. The van der Waals surface area contributed by atoms with Crippen LogP contribution in [0.3, 0.4) is 0 Å². The zero-order valence-corrected chi connectivity index (χ0v) is 16.9. The molecule has 1 N–H and O–H groups in total. The highest BCUT2D eigenvalue weighted by molar-refractivity contribution is 6.00. The van der Waals surface area contributed by atoms with Crippen molar-refractivity contribution in [2.45, 2.75) is 33.3 Å². The lowest BCUT2D eigenvalue weighted by atomic mass is 10.0. The van der Waals surface area contributed by atoms with Crippen LogP contribution in [0.15, 0.2) is 48.5 Å². The number of esters is 1. The Morgan fingerprint density at radius 3 is 2.41 bits per heavy atom. The number of carbonyl (C=O) groups excluding carboxylic acids is 1. The van der Waals surface area contributed by atoms with Crippen molar-refractivity contribution in [2.75, 3.05) is 6.61 Å². The summed E-state index contributed by atoms with van der Waals surface area (Å²) in [6.07, 6.45) is 0. The summed E-state index contributed by atoms with van der Waals surface area (Å²) in [7, 11) is 0. The van der Waals surface area contributed by atoms with Crippen molar-refractivity contribution in [3.05, 3.63) is 59.7 Å². The Labute approximate surface area is 169 Å². The maximum absolute atomic E-state index is 12.0. The van der Waals surface area contributed by atoms with Crippen LogP contribution in [-0.4, -0.2) is 34.2 Å². The van der Waals surface area contributed by atoms with E-state index >= 15 is 0 Å². The molecule has 0 aliphatic heterocycles. The molecule has 0 saturated heterocycles. The molecular weight excluding hydrogens is 370 g/mol. The van der Waals surface area contributed by atoms with Crippen molar-refractivity contribution < 1.29 is 24.2 Å². The second-order valence-electron chi connectivity index (χ2n) is 7.19. The summed E-state index contributed by atoms with van der Waals surface area (Å²) in [5.74, 6) is -1.02. The third kappa shape index (κ3) is 4.21. The lowest BCUT2D eigenvalue weighted by Crippen LogP contribution is -2.39. The van der Waals surface area contributed by atoms with Crippen molar-refractivity contribution >= 4 is 22.8 Å². The van der Waals surface area contributed by atoms with Crippen molar-refractivity contribution in [2.24, 2.45) is 0 Å². The monoisotopic (exact) mass is 393 g/mol. The summed E-state index contributed by atoms with van der Waals surface area (Å²) >= 11 is 0. The zero-order valence-electron chi connectivity index (χ0n) is 16.9. The second-order valence-corrected chi connectivity index (χ2v) is 7.19. The quantitative estimate of drug-likeness (QED) is 0.615. The topological polar surface area (TPSA) is 85.7 Å². The number of para-hydroxylation sites is 1. The number of hydrogen-bond donors (Lipinski definition) is 1. The van der Waals surface area contributed by atoms with E-state index in [1.807, 2.05) is 25.1 Å². The van der Waals surface area contributed by atoms with Crippen LogP contribution < -0.4 is 4.74 Å². The molecule has 0 saturated carbocycles. The summed E-state index contributed by atoms with van der Waals surface area (Å²) in [4.78, 5) is 28.4. The second kappa shape index (κ2) is 7.91. The summed E-state index contributed by atoms with van der Waals surface area (Å²) in [6.45, 7) is 7.22. The van der Waals surface area contributed by atoms with E-state index in [4.69, 9.17) is 9.47 Å². The highest BCUT2D eigenvalue weighted by atomic mass is 16.6. The van der Waals surface area contributed by atoms with Gasteiger partial charge in [-0.05, 0) is 63.6 Å². The number of hydrogen-bond acceptors (Lipinski definition) is 5. The van der Waals surface area contributed by atoms with Crippen molar-refractivity contribution in [1.82, 2.24) is 4.98 Å². The first-order valence-corrected chi connectivity index (χ1v) is 9.33. The van der Waals surface area contributed by atoms with Gasteiger partial charge in [0.2, 0.25) is 0 Å². The standard InChI is InChI=1S/C23H23NO5/c1-5-28-22(27)23(3,4)29-17-11-9-15(10-12-17)20-18(21(25)26)13-16-8-6-7-14(2)19(16)24-20/h6-13H,5H2,1-4H3,(H,25,26).